The molecule has 0 N–H and O–H groups in total. The maximum absolute atomic E-state index is 4.93. The third kappa shape index (κ3) is 4.89. The molecule has 0 amide bonds. The molecule has 2 heterocycles. The number of hydrogen-bond donors (Lipinski definition) is 0. The Balaban J connectivity index is 0.000000568. The van der Waals surface area contributed by atoms with Crippen LogP contribution in [0.5, 0.6) is 0 Å². The van der Waals surface area contributed by atoms with Crippen LogP contribution >= 0.6 is 40.5 Å². The third-order valence-corrected chi connectivity index (χ3v) is 16.5. The minimum atomic E-state index is -1.30. The van der Waals surface area contributed by atoms with E-state index >= 15 is 0 Å². The average Bonchev–Trinajstić information content (AvgIpc) is 3.34. The summed E-state index contributed by atoms with van der Waals surface area (Å²) in [5, 5.41) is 6.71. The molecule has 5 aliphatic rings. The van der Waals surface area contributed by atoms with Gasteiger partial charge in [-0.25, -0.2) is 0 Å². The van der Waals surface area contributed by atoms with Crippen molar-refractivity contribution in [2.45, 2.75) is 73.7 Å². The molecule has 0 aromatic heterocycles. The first kappa shape index (κ1) is 27.1. The van der Waals surface area contributed by atoms with Gasteiger partial charge in [-0.1, -0.05) is 57.9 Å². The number of halogens is 2. The van der Waals surface area contributed by atoms with Gasteiger partial charge in [-0.05, 0) is 57.9 Å². The molecule has 5 rings (SSSR count). The van der Waals surface area contributed by atoms with Crippen LogP contribution in [0.3, 0.4) is 0 Å². The molecule has 2 aliphatic heterocycles. The molecule has 0 nitrogen and oxygen atoms in total. The summed E-state index contributed by atoms with van der Waals surface area (Å²) in [6.07, 6.45) is 12.8. The number of hydrogen-bond acceptors (Lipinski definition) is 2. The number of rotatable bonds is 2. The Morgan fingerprint density at radius 1 is 0.897 bits per heavy atom. The zero-order valence-electron chi connectivity index (χ0n) is 18.6. The summed E-state index contributed by atoms with van der Waals surface area (Å²) in [5.74, 6) is 4.87. The zero-order valence-corrected chi connectivity index (χ0v) is 25.2. The third-order valence-electron chi connectivity index (χ3n) is 8.42. The van der Waals surface area contributed by atoms with E-state index in [1.807, 2.05) is 0 Å². The quantitative estimate of drug-likeness (QED) is 0.241. The first-order valence-corrected chi connectivity index (χ1v) is 22.0. The van der Waals surface area contributed by atoms with Gasteiger partial charge in [0.2, 0.25) is 0 Å². The topological polar surface area (TPSA) is 0 Å². The fraction of sp³-hybridized carbons (Fsp3) is 0.739. The van der Waals surface area contributed by atoms with E-state index in [0.29, 0.717) is 0 Å². The molecule has 0 aromatic carbocycles. The van der Waals surface area contributed by atoms with Gasteiger partial charge in [-0.3, -0.25) is 0 Å². The van der Waals surface area contributed by atoms with Gasteiger partial charge < -0.3 is 14.9 Å². The number of allylic oxidation sites excluding steroid dienone is 2. The molecule has 0 bridgehead atoms. The van der Waals surface area contributed by atoms with Gasteiger partial charge in [0.05, 0.1) is 8.07 Å². The second kappa shape index (κ2) is 11.3. The first-order chi connectivity index (χ1) is 13.0. The first-order valence-electron chi connectivity index (χ1n) is 10.6. The average molecular weight is 569 g/mol. The summed E-state index contributed by atoms with van der Waals surface area (Å²) in [6, 6.07) is 0. The van der Waals surface area contributed by atoms with Crippen molar-refractivity contribution in [2.24, 2.45) is 29.6 Å². The van der Waals surface area contributed by atoms with E-state index in [2.05, 4.69) is 66.5 Å². The van der Waals surface area contributed by atoms with E-state index in [1.165, 1.54) is 12.8 Å². The normalized spacial score (nSPS) is 43.8. The molecule has 8 unspecified atom stereocenters. The van der Waals surface area contributed by atoms with Crippen LogP contribution in [0.4, 0.5) is 0 Å². The molecule has 0 spiro atoms. The summed E-state index contributed by atoms with van der Waals surface area (Å²) in [4.78, 5) is 0. The number of fused-ring (bicyclic) bond motifs is 4. The zero-order chi connectivity index (χ0) is 19.2. The van der Waals surface area contributed by atoms with Crippen LogP contribution in [0.15, 0.2) is 23.0 Å². The molecule has 8 atom stereocenters. The Morgan fingerprint density at radius 3 is 1.97 bits per heavy atom. The van der Waals surface area contributed by atoms with Gasteiger partial charge in [0, 0.05) is 10.5 Å². The van der Waals surface area contributed by atoms with Gasteiger partial charge in [0.15, 0.2) is 0 Å². The van der Waals surface area contributed by atoms with Gasteiger partial charge in [-0.2, -0.15) is 0 Å². The van der Waals surface area contributed by atoms with Crippen molar-refractivity contribution in [2.75, 3.05) is 0 Å². The van der Waals surface area contributed by atoms with Crippen molar-refractivity contribution >= 4 is 48.6 Å². The van der Waals surface area contributed by atoms with E-state index in [1.54, 1.807) is 19.3 Å². The molecule has 3 fully saturated rings. The molecular formula is C23H38Cl2S2SiZr. The van der Waals surface area contributed by atoms with E-state index in [4.69, 9.17) is 17.0 Å². The van der Waals surface area contributed by atoms with Crippen molar-refractivity contribution in [3.05, 3.63) is 37.8 Å². The Labute approximate surface area is 208 Å². The molecule has 0 saturated heterocycles. The molecule has 0 aromatic rings. The van der Waals surface area contributed by atoms with E-state index in [9.17, 15) is 0 Å². The maximum atomic E-state index is 4.93. The summed E-state index contributed by atoms with van der Waals surface area (Å²) >= 11 is 3.58. The van der Waals surface area contributed by atoms with Gasteiger partial charge >= 0.3 is 37.9 Å². The van der Waals surface area contributed by atoms with Gasteiger partial charge in [0.1, 0.15) is 0 Å². The van der Waals surface area contributed by atoms with E-state index in [0.717, 1.165) is 51.2 Å². The van der Waals surface area contributed by atoms with Crippen LogP contribution in [-0.2, 0) is 20.8 Å². The summed E-state index contributed by atoms with van der Waals surface area (Å²) < 4.78 is 0. The standard InChI is InChI=1S/C21H32S2Si.2CH3.2ClH.Zr/c1-13-12-14-6-4-5-7-15(14)20(13)24(2,3)21-18-16(8-10-22-18)17-9-11-23-19(17)21;;;;;/h8-11,13-21H,4-7,12H2,1-3H3;2*1H3;2*1H;/q;2*-1;;;+4/p-2. The molecule has 3 aliphatic carbocycles. The summed E-state index contributed by atoms with van der Waals surface area (Å²) in [6.45, 7) is 8.25. The second-order valence-electron chi connectivity index (χ2n) is 9.88. The minimum absolute atomic E-state index is 0. The Hall–Kier alpha value is 1.86. The predicted octanol–water partition coefficient (Wildman–Crippen LogP) is 9.06. The fourth-order valence-corrected chi connectivity index (χ4v) is 18.7. The van der Waals surface area contributed by atoms with Crippen LogP contribution in [0.1, 0.15) is 39.0 Å². The van der Waals surface area contributed by atoms with Crippen molar-refractivity contribution in [3.63, 3.8) is 0 Å². The molecule has 3 saturated carbocycles. The van der Waals surface area contributed by atoms with Crippen LogP contribution < -0.4 is 0 Å². The Kier molecular flexibility index (Phi) is 10.6. The van der Waals surface area contributed by atoms with Gasteiger partial charge in [0.25, 0.3) is 0 Å². The molecule has 164 valence electrons. The van der Waals surface area contributed by atoms with Crippen molar-refractivity contribution < 1.29 is 20.8 Å². The molecule has 0 radical (unpaired) electrons. The summed E-state index contributed by atoms with van der Waals surface area (Å²) in [5.41, 5.74) is 2.11. The van der Waals surface area contributed by atoms with Crippen LogP contribution in [0.25, 0.3) is 0 Å². The predicted molar refractivity (Wildman–Crippen MR) is 137 cm³/mol. The van der Waals surface area contributed by atoms with Gasteiger partial charge in [-0.15, -0.1) is 23.5 Å². The van der Waals surface area contributed by atoms with Crippen LogP contribution in [-0.4, -0.2) is 18.6 Å². The second-order valence-corrected chi connectivity index (χ2v) is 20.8. The van der Waals surface area contributed by atoms with E-state index < -0.39 is 28.9 Å². The van der Waals surface area contributed by atoms with Crippen molar-refractivity contribution in [1.29, 1.82) is 0 Å². The van der Waals surface area contributed by atoms with Crippen molar-refractivity contribution in [3.8, 4) is 0 Å². The Bertz CT molecular complexity index is 573. The van der Waals surface area contributed by atoms with Crippen LogP contribution in [0, 0.1) is 44.4 Å². The monoisotopic (exact) mass is 566 g/mol. The molecule has 29 heavy (non-hydrogen) atoms. The number of thioether (sulfide) groups is 2. The summed E-state index contributed by atoms with van der Waals surface area (Å²) in [7, 11) is 8.57. The van der Waals surface area contributed by atoms with Crippen LogP contribution in [0.2, 0.25) is 24.2 Å². The molecular weight excluding hydrogens is 531 g/mol. The van der Waals surface area contributed by atoms with Crippen molar-refractivity contribution in [1.82, 2.24) is 0 Å². The Morgan fingerprint density at radius 2 is 1.41 bits per heavy atom. The molecule has 6 heteroatoms. The fourth-order valence-electron chi connectivity index (χ4n) is 7.79. The van der Waals surface area contributed by atoms with E-state index in [-0.39, 0.29) is 14.9 Å². The SMILES string of the molecule is CC1CC2CCCCC2C1[Si](C)(C)C1C2SC=CC2C2C=CSC21.[CH3-].[CH3-].[Cl][Zr+2][Cl].